The maximum atomic E-state index is 13.5. The molecule has 1 heterocycles. The van der Waals surface area contributed by atoms with Crippen LogP contribution in [-0.4, -0.2) is 36.7 Å². The minimum absolute atomic E-state index is 0.0265. The van der Waals surface area contributed by atoms with Gasteiger partial charge >= 0.3 is 0 Å². The largest absolute Gasteiger partial charge is 0.497 e. The van der Waals surface area contributed by atoms with E-state index in [9.17, 15) is 8.42 Å². The van der Waals surface area contributed by atoms with Gasteiger partial charge < -0.3 is 9.47 Å². The second kappa shape index (κ2) is 10.3. The van der Waals surface area contributed by atoms with Gasteiger partial charge in [-0.1, -0.05) is 30.3 Å². The summed E-state index contributed by atoms with van der Waals surface area (Å²) >= 11 is 0. The minimum atomic E-state index is -3.82. The van der Waals surface area contributed by atoms with E-state index in [1.165, 1.54) is 10.4 Å². The number of nitrogens with zero attached hydrogens (tertiary/aromatic N) is 3. The van der Waals surface area contributed by atoms with E-state index in [1.54, 1.807) is 31.2 Å². The number of hydrogen-bond donors (Lipinski definition) is 0. The second-order valence-corrected chi connectivity index (χ2v) is 8.85. The number of aromatic nitrogens is 2. The average molecular weight is 442 g/mol. The molecule has 0 bridgehead atoms. The van der Waals surface area contributed by atoms with E-state index in [1.807, 2.05) is 48.5 Å². The molecule has 0 unspecified atom stereocenters. The van der Waals surface area contributed by atoms with Crippen molar-refractivity contribution in [1.29, 1.82) is 0 Å². The lowest BCUT2D eigenvalue weighted by Crippen LogP contribution is -2.30. The van der Waals surface area contributed by atoms with Crippen molar-refractivity contribution in [3.05, 3.63) is 84.6 Å². The smallest absolute Gasteiger partial charge is 0.262 e. The van der Waals surface area contributed by atoms with E-state index in [-0.39, 0.29) is 18.1 Å². The Kier molecular flexibility index (Phi) is 7.49. The van der Waals surface area contributed by atoms with Crippen LogP contribution in [0.4, 0.5) is 0 Å². The zero-order valence-corrected chi connectivity index (χ0v) is 18.6. The Labute approximate surface area is 183 Å². The molecule has 3 rings (SSSR count). The third-order valence-electron chi connectivity index (χ3n) is 4.82. The van der Waals surface area contributed by atoms with E-state index in [0.717, 1.165) is 11.1 Å². The molecule has 0 aliphatic carbocycles. The first-order chi connectivity index (χ1) is 15.0. The van der Waals surface area contributed by atoms with Crippen molar-refractivity contribution in [2.24, 2.45) is 0 Å². The highest BCUT2D eigenvalue weighted by Gasteiger charge is 2.27. The second-order valence-electron chi connectivity index (χ2n) is 6.96. The standard InChI is InChI=1S/C23H27N3O4S/c1-4-5-15-25-16-14-23(24-25)31(27,28)26(17-19-6-10-21(29-2)11-7-19)18-20-8-12-22(30-3)13-9-20/h4,6-14,16H,1,5,15,17-18H2,2-3H3. The van der Waals surface area contributed by atoms with Crippen LogP contribution in [0.5, 0.6) is 11.5 Å². The van der Waals surface area contributed by atoms with E-state index in [0.29, 0.717) is 24.5 Å². The maximum Gasteiger partial charge on any atom is 0.262 e. The van der Waals surface area contributed by atoms with Crippen LogP contribution in [0.3, 0.4) is 0 Å². The van der Waals surface area contributed by atoms with E-state index in [2.05, 4.69) is 11.7 Å². The fourth-order valence-electron chi connectivity index (χ4n) is 3.06. The molecule has 0 saturated heterocycles. The zero-order chi connectivity index (χ0) is 22.3. The van der Waals surface area contributed by atoms with Gasteiger partial charge in [-0.2, -0.15) is 9.40 Å². The highest BCUT2D eigenvalue weighted by atomic mass is 32.2. The monoisotopic (exact) mass is 441 g/mol. The first kappa shape index (κ1) is 22.6. The number of hydrogen-bond acceptors (Lipinski definition) is 5. The van der Waals surface area contributed by atoms with Crippen LogP contribution in [0.2, 0.25) is 0 Å². The first-order valence-corrected chi connectivity index (χ1v) is 11.3. The van der Waals surface area contributed by atoms with Gasteiger partial charge in [0.1, 0.15) is 11.5 Å². The fraction of sp³-hybridized carbons (Fsp3) is 0.261. The van der Waals surface area contributed by atoms with Crippen molar-refractivity contribution in [3.63, 3.8) is 0 Å². The third kappa shape index (κ3) is 5.74. The molecule has 8 heteroatoms. The van der Waals surface area contributed by atoms with Crippen LogP contribution in [0.25, 0.3) is 0 Å². The molecule has 31 heavy (non-hydrogen) atoms. The summed E-state index contributed by atoms with van der Waals surface area (Å²) in [6, 6.07) is 16.2. The van der Waals surface area contributed by atoms with Crippen LogP contribution in [-0.2, 0) is 29.7 Å². The molecule has 0 saturated carbocycles. The first-order valence-electron chi connectivity index (χ1n) is 9.86. The van der Waals surface area contributed by atoms with Gasteiger partial charge in [0.2, 0.25) is 0 Å². The molecule has 1 aromatic heterocycles. The van der Waals surface area contributed by atoms with Crippen LogP contribution in [0.1, 0.15) is 17.5 Å². The predicted molar refractivity (Wildman–Crippen MR) is 119 cm³/mol. The van der Waals surface area contributed by atoms with E-state index < -0.39 is 10.0 Å². The number of methoxy groups -OCH3 is 2. The van der Waals surface area contributed by atoms with Crippen molar-refractivity contribution in [2.75, 3.05) is 14.2 Å². The highest BCUT2D eigenvalue weighted by Crippen LogP contribution is 2.22. The lowest BCUT2D eigenvalue weighted by atomic mass is 10.2. The lowest BCUT2D eigenvalue weighted by Gasteiger charge is -2.21. The molecule has 0 amide bonds. The van der Waals surface area contributed by atoms with Gasteiger partial charge in [-0.05, 0) is 47.9 Å². The quantitative estimate of drug-likeness (QED) is 0.423. The lowest BCUT2D eigenvalue weighted by molar-refractivity contribution is 0.395. The van der Waals surface area contributed by atoms with Crippen LogP contribution in [0, 0.1) is 0 Å². The van der Waals surface area contributed by atoms with Gasteiger partial charge in [-0.25, -0.2) is 8.42 Å². The molecular weight excluding hydrogens is 414 g/mol. The van der Waals surface area contributed by atoms with Crippen molar-refractivity contribution in [1.82, 2.24) is 14.1 Å². The Morgan fingerprint density at radius 2 is 1.45 bits per heavy atom. The molecule has 0 fully saturated rings. The molecule has 0 aliphatic heterocycles. The van der Waals surface area contributed by atoms with Crippen LogP contribution >= 0.6 is 0 Å². The Morgan fingerprint density at radius 1 is 0.935 bits per heavy atom. The summed E-state index contributed by atoms with van der Waals surface area (Å²) in [5.74, 6) is 1.43. The Hall–Kier alpha value is -3.10. The normalized spacial score (nSPS) is 11.5. The summed E-state index contributed by atoms with van der Waals surface area (Å²) in [5.41, 5.74) is 1.70. The summed E-state index contributed by atoms with van der Waals surface area (Å²) in [6.07, 6.45) is 4.16. The van der Waals surface area contributed by atoms with Crippen molar-refractivity contribution >= 4 is 10.0 Å². The maximum absolute atomic E-state index is 13.5. The van der Waals surface area contributed by atoms with Gasteiger partial charge in [-0.15, -0.1) is 6.58 Å². The number of sulfonamides is 1. The number of ether oxygens (including phenoxy) is 2. The molecule has 7 nitrogen and oxygen atoms in total. The van der Waals surface area contributed by atoms with Crippen LogP contribution < -0.4 is 9.47 Å². The SMILES string of the molecule is C=CCCn1ccc(S(=O)(=O)N(Cc2ccc(OC)cc2)Cc2ccc(OC)cc2)n1. The summed E-state index contributed by atoms with van der Waals surface area (Å²) in [7, 11) is -0.629. The van der Waals surface area contributed by atoms with E-state index in [4.69, 9.17) is 9.47 Å². The molecule has 0 spiro atoms. The molecule has 2 aromatic carbocycles. The Bertz CT molecular complexity index is 1040. The topological polar surface area (TPSA) is 73.7 Å². The van der Waals surface area contributed by atoms with E-state index >= 15 is 0 Å². The Balaban J connectivity index is 1.90. The van der Waals surface area contributed by atoms with Crippen molar-refractivity contribution in [2.45, 2.75) is 31.1 Å². The van der Waals surface area contributed by atoms with Gasteiger partial charge in [0.15, 0.2) is 5.03 Å². The average Bonchev–Trinajstić information content (AvgIpc) is 3.28. The molecule has 0 atom stereocenters. The Morgan fingerprint density at radius 3 is 1.90 bits per heavy atom. The number of aryl methyl sites for hydroxylation is 1. The third-order valence-corrected chi connectivity index (χ3v) is 6.50. The number of benzene rings is 2. The molecule has 0 aliphatic rings. The summed E-state index contributed by atoms with van der Waals surface area (Å²) < 4.78 is 40.4. The van der Waals surface area contributed by atoms with Gasteiger partial charge in [0.25, 0.3) is 10.0 Å². The fourth-order valence-corrected chi connectivity index (χ4v) is 4.40. The molecule has 3 aromatic rings. The molecule has 0 radical (unpaired) electrons. The van der Waals surface area contributed by atoms with Crippen molar-refractivity contribution in [3.8, 4) is 11.5 Å². The minimum Gasteiger partial charge on any atom is -0.497 e. The predicted octanol–water partition coefficient (Wildman–Crippen LogP) is 3.87. The molecule has 164 valence electrons. The highest BCUT2D eigenvalue weighted by molar-refractivity contribution is 7.89. The summed E-state index contributed by atoms with van der Waals surface area (Å²) in [6.45, 7) is 4.68. The van der Waals surface area contributed by atoms with Gasteiger partial charge in [-0.3, -0.25) is 4.68 Å². The molecule has 0 N–H and O–H groups in total. The molecular formula is C23H27N3O4S. The number of rotatable bonds is 11. The van der Waals surface area contributed by atoms with Gasteiger partial charge in [0, 0.05) is 25.8 Å². The summed E-state index contributed by atoms with van der Waals surface area (Å²) in [4.78, 5) is 0. The summed E-state index contributed by atoms with van der Waals surface area (Å²) in [5, 5.41) is 4.30. The van der Waals surface area contributed by atoms with Gasteiger partial charge in [0.05, 0.1) is 14.2 Å². The van der Waals surface area contributed by atoms with Crippen LogP contribution in [0.15, 0.2) is 78.5 Å². The van der Waals surface area contributed by atoms with Crippen molar-refractivity contribution < 1.29 is 17.9 Å². The zero-order valence-electron chi connectivity index (χ0n) is 17.8. The number of allylic oxidation sites excluding steroid dienone is 1.